The van der Waals surface area contributed by atoms with E-state index in [1.54, 1.807) is 17.2 Å². The molecule has 0 radical (unpaired) electrons. The fourth-order valence-electron chi connectivity index (χ4n) is 7.69. The molecule has 2 heterocycles. The predicted octanol–water partition coefficient (Wildman–Crippen LogP) is 7.91. The standard InChI is InChI=1S/C46H70N4O8S/c1-12-31(7)37(24-41(53)39-15-13-14-20-49(39)11)46(56)50(27-57-43(54)21-28(2)3)40(29(4)5)25-42(58-34(10)52)45-48-38(26-59-45)44(55)47-36(22-32(8)33(9)51)23-35-18-16-30(6)17-19-35/h16-19,26,28-29,31-32,36-37,39-40,42H,12-15,20-25,27H2,1-11H3,(H,47,55)/t31-,32-,36+,37-,39+,40+,42+/m0/s1. The maximum Gasteiger partial charge on any atom is 0.307 e. The normalized spacial score (nSPS) is 17.7. The molecule has 12 nitrogen and oxygen atoms in total. The van der Waals surface area contributed by atoms with Crippen molar-refractivity contribution in [2.24, 2.45) is 29.6 Å². The Morgan fingerprint density at radius 2 is 1.64 bits per heavy atom. The molecule has 3 rings (SSSR count). The first-order valence-corrected chi connectivity index (χ1v) is 22.4. The van der Waals surface area contributed by atoms with Crippen LogP contribution in [0.3, 0.4) is 0 Å². The third kappa shape index (κ3) is 15.5. The van der Waals surface area contributed by atoms with Crippen molar-refractivity contribution >= 4 is 46.7 Å². The number of nitrogens with one attached hydrogen (secondary N) is 1. The average molecular weight is 839 g/mol. The molecule has 0 bridgehead atoms. The Morgan fingerprint density at radius 1 is 0.966 bits per heavy atom. The first kappa shape index (κ1) is 49.4. The summed E-state index contributed by atoms with van der Waals surface area (Å²) in [5.41, 5.74) is 2.29. The molecule has 2 aromatic rings. The van der Waals surface area contributed by atoms with E-state index >= 15 is 0 Å². The molecule has 2 amide bonds. The van der Waals surface area contributed by atoms with Crippen LogP contribution in [0.15, 0.2) is 29.6 Å². The lowest BCUT2D eigenvalue weighted by Crippen LogP contribution is -2.50. The van der Waals surface area contributed by atoms with Crippen LogP contribution in [0.4, 0.5) is 0 Å². The monoisotopic (exact) mass is 838 g/mol. The number of benzene rings is 1. The molecule has 1 N–H and O–H groups in total. The quantitative estimate of drug-likeness (QED) is 0.0864. The van der Waals surface area contributed by atoms with Crippen molar-refractivity contribution < 1.29 is 38.2 Å². The average Bonchev–Trinajstić information content (AvgIpc) is 3.67. The van der Waals surface area contributed by atoms with Crippen LogP contribution in [0.2, 0.25) is 0 Å². The highest BCUT2D eigenvalue weighted by atomic mass is 32.1. The zero-order chi connectivity index (χ0) is 44.0. The number of likely N-dealkylation sites (N-methyl/N-ethyl adjacent to an activating group) is 1. The lowest BCUT2D eigenvalue weighted by atomic mass is 9.82. The molecule has 1 saturated heterocycles. The maximum atomic E-state index is 14.9. The van der Waals surface area contributed by atoms with Gasteiger partial charge in [0.25, 0.3) is 5.91 Å². The van der Waals surface area contributed by atoms with E-state index in [4.69, 9.17) is 9.47 Å². The van der Waals surface area contributed by atoms with E-state index in [2.05, 4.69) is 15.2 Å². The summed E-state index contributed by atoms with van der Waals surface area (Å²) in [6, 6.07) is 6.86. The van der Waals surface area contributed by atoms with Crippen LogP contribution in [0, 0.1) is 36.5 Å². The molecule has 0 saturated carbocycles. The molecule has 1 aliphatic heterocycles. The minimum absolute atomic E-state index is 0.0342. The van der Waals surface area contributed by atoms with Crippen LogP contribution >= 0.6 is 11.3 Å². The van der Waals surface area contributed by atoms with Gasteiger partial charge in [0.15, 0.2) is 18.6 Å². The maximum absolute atomic E-state index is 14.9. The minimum atomic E-state index is -0.936. The van der Waals surface area contributed by atoms with E-state index in [1.165, 1.54) is 18.3 Å². The molecule has 59 heavy (non-hydrogen) atoms. The van der Waals surface area contributed by atoms with Crippen molar-refractivity contribution in [2.75, 3.05) is 20.3 Å². The van der Waals surface area contributed by atoms with Gasteiger partial charge >= 0.3 is 11.9 Å². The van der Waals surface area contributed by atoms with E-state index in [0.29, 0.717) is 24.3 Å². The van der Waals surface area contributed by atoms with Crippen LogP contribution in [-0.2, 0) is 39.9 Å². The third-order valence-electron chi connectivity index (χ3n) is 11.7. The molecule has 0 unspecified atom stereocenters. The number of nitrogens with zero attached hydrogens (tertiary/aromatic N) is 3. The number of likely N-dealkylation sites (tertiary alicyclic amines) is 1. The zero-order valence-corrected chi connectivity index (χ0v) is 38.2. The van der Waals surface area contributed by atoms with Crippen LogP contribution in [0.1, 0.15) is 146 Å². The number of carbonyl (C=O) groups is 6. The van der Waals surface area contributed by atoms with Crippen LogP contribution < -0.4 is 5.32 Å². The summed E-state index contributed by atoms with van der Waals surface area (Å²) in [4.78, 5) is 88.6. The molecule has 0 spiro atoms. The topological polar surface area (TPSA) is 152 Å². The van der Waals surface area contributed by atoms with Gasteiger partial charge in [0, 0.05) is 55.5 Å². The molecule has 1 aliphatic rings. The number of rotatable bonds is 23. The number of Topliss-reactive ketones (excluding diaryl/α,β-unsaturated/α-hetero) is 2. The van der Waals surface area contributed by atoms with Crippen LogP contribution in [0.25, 0.3) is 0 Å². The van der Waals surface area contributed by atoms with Crippen molar-refractivity contribution in [1.29, 1.82) is 0 Å². The first-order valence-electron chi connectivity index (χ1n) is 21.5. The first-order chi connectivity index (χ1) is 27.8. The highest BCUT2D eigenvalue weighted by Gasteiger charge is 2.39. The van der Waals surface area contributed by atoms with E-state index in [-0.39, 0.29) is 84.9 Å². The van der Waals surface area contributed by atoms with E-state index < -0.39 is 35.9 Å². The van der Waals surface area contributed by atoms with Crippen LogP contribution in [-0.4, -0.2) is 88.6 Å². The molecule has 328 valence electrons. The molecule has 1 fully saturated rings. The van der Waals surface area contributed by atoms with Gasteiger partial charge in [-0.05, 0) is 76.4 Å². The van der Waals surface area contributed by atoms with Crippen molar-refractivity contribution in [3.63, 3.8) is 0 Å². The Labute approximate surface area is 356 Å². The van der Waals surface area contributed by atoms with Gasteiger partial charge in [0.2, 0.25) is 5.91 Å². The number of piperidine rings is 1. The van der Waals surface area contributed by atoms with Gasteiger partial charge in [-0.1, -0.05) is 91.1 Å². The molecular formula is C46H70N4O8S. The lowest BCUT2D eigenvalue weighted by molar-refractivity contribution is -0.162. The second-order valence-electron chi connectivity index (χ2n) is 17.5. The Morgan fingerprint density at radius 3 is 2.22 bits per heavy atom. The molecule has 0 aliphatic carbocycles. The summed E-state index contributed by atoms with van der Waals surface area (Å²) in [5, 5.41) is 5.09. The highest BCUT2D eigenvalue weighted by molar-refractivity contribution is 7.09. The molecular weight excluding hydrogens is 769 g/mol. The van der Waals surface area contributed by atoms with Crippen LogP contribution in [0.5, 0.6) is 0 Å². The zero-order valence-electron chi connectivity index (χ0n) is 37.4. The van der Waals surface area contributed by atoms with Crippen molar-refractivity contribution in [3.8, 4) is 0 Å². The summed E-state index contributed by atoms with van der Waals surface area (Å²) < 4.78 is 11.7. The minimum Gasteiger partial charge on any atom is -0.455 e. The molecule has 7 atom stereocenters. The van der Waals surface area contributed by atoms with E-state index in [9.17, 15) is 28.8 Å². The van der Waals surface area contributed by atoms with E-state index in [0.717, 1.165) is 36.9 Å². The SMILES string of the molecule is CC[C@H](C)[C@H](CC(=O)[C@H]1CCCCN1C)C(=O)N(COC(=O)CC(C)C)[C@H](C[C@@H](OC(C)=O)c1nc(C(=O)N[C@@H](Cc2ccc(C)cc2)C[C@H](C)C(C)=O)cs1)C(C)C. The Balaban J connectivity index is 1.96. The number of aromatic nitrogens is 1. The Bertz CT molecular complexity index is 1710. The summed E-state index contributed by atoms with van der Waals surface area (Å²) in [7, 11) is 1.96. The Hall–Kier alpha value is -3.97. The van der Waals surface area contributed by atoms with Crippen molar-refractivity contribution in [1.82, 2.24) is 20.1 Å². The van der Waals surface area contributed by atoms with Gasteiger partial charge in [0.1, 0.15) is 16.5 Å². The van der Waals surface area contributed by atoms with Gasteiger partial charge < -0.3 is 19.7 Å². The number of carbonyl (C=O) groups excluding carboxylic acids is 6. The number of thiazole rings is 1. The fourth-order valence-corrected chi connectivity index (χ4v) is 8.53. The second kappa shape index (κ2) is 23.7. The van der Waals surface area contributed by atoms with Gasteiger partial charge in [-0.3, -0.25) is 33.7 Å². The number of hydrogen-bond acceptors (Lipinski definition) is 11. The summed E-state index contributed by atoms with van der Waals surface area (Å²) in [5.74, 6) is -2.85. The number of esters is 2. The predicted molar refractivity (Wildman–Crippen MR) is 231 cm³/mol. The fraction of sp³-hybridized carbons (Fsp3) is 0.674. The summed E-state index contributed by atoms with van der Waals surface area (Å²) >= 11 is 1.18. The lowest BCUT2D eigenvalue weighted by Gasteiger charge is -2.39. The number of aryl methyl sites for hydroxylation is 1. The summed E-state index contributed by atoms with van der Waals surface area (Å²) in [6.07, 6.45) is 3.80. The number of ketones is 2. The van der Waals surface area contributed by atoms with Gasteiger partial charge in [-0.25, -0.2) is 4.98 Å². The molecule has 1 aromatic heterocycles. The summed E-state index contributed by atoms with van der Waals surface area (Å²) in [6.45, 7) is 18.9. The van der Waals surface area contributed by atoms with E-state index in [1.807, 2.05) is 86.7 Å². The second-order valence-corrected chi connectivity index (χ2v) is 18.4. The van der Waals surface area contributed by atoms with Crippen molar-refractivity contribution in [2.45, 2.75) is 151 Å². The number of amides is 2. The van der Waals surface area contributed by atoms with Gasteiger partial charge in [0.05, 0.1) is 6.04 Å². The largest absolute Gasteiger partial charge is 0.455 e. The number of ether oxygens (including phenoxy) is 2. The third-order valence-corrected chi connectivity index (χ3v) is 12.6. The number of hydrogen-bond donors (Lipinski definition) is 1. The van der Waals surface area contributed by atoms with Crippen molar-refractivity contribution in [3.05, 3.63) is 51.5 Å². The molecule has 1 aromatic carbocycles. The van der Waals surface area contributed by atoms with Gasteiger partial charge in [-0.15, -0.1) is 11.3 Å². The highest BCUT2D eigenvalue weighted by Crippen LogP contribution is 2.34. The Kier molecular flexibility index (Phi) is 19.9. The van der Waals surface area contributed by atoms with Gasteiger partial charge in [-0.2, -0.15) is 0 Å². The smallest absolute Gasteiger partial charge is 0.307 e. The molecule has 13 heteroatoms.